The number of alkyl halides is 6. The van der Waals surface area contributed by atoms with Crippen molar-refractivity contribution in [2.75, 3.05) is 0 Å². The Bertz CT molecular complexity index is 2150. The van der Waals surface area contributed by atoms with Gasteiger partial charge in [-0.2, -0.15) is 40.8 Å². The lowest BCUT2D eigenvalue weighted by Crippen LogP contribution is -2.65. The van der Waals surface area contributed by atoms with Crippen molar-refractivity contribution in [3.63, 3.8) is 0 Å². The minimum absolute atomic E-state index is 0.0178. The number of hydrogen-bond donors (Lipinski definition) is 1. The number of rotatable bonds is 7. The second kappa shape index (κ2) is 11.8. The number of carbonyl (C=O) groups is 1. The van der Waals surface area contributed by atoms with E-state index in [0.717, 1.165) is 10.5 Å². The van der Waals surface area contributed by atoms with Crippen LogP contribution in [0, 0.1) is 11.2 Å². The molecule has 2 saturated carbocycles. The second-order valence-corrected chi connectivity index (χ2v) is 15.1. The highest BCUT2D eigenvalue weighted by Gasteiger charge is 2.65. The van der Waals surface area contributed by atoms with E-state index in [4.69, 9.17) is 0 Å². The van der Waals surface area contributed by atoms with Crippen molar-refractivity contribution in [2.45, 2.75) is 73.6 Å². The normalized spacial score (nSPS) is 25.2. The molecule has 0 spiro atoms. The van der Waals surface area contributed by atoms with Crippen molar-refractivity contribution < 1.29 is 49.1 Å². The molecule has 3 aliphatic carbocycles. The van der Waals surface area contributed by atoms with Crippen molar-refractivity contribution in [1.82, 2.24) is 28.9 Å². The Morgan fingerprint density at radius 2 is 1.73 bits per heavy atom. The van der Waals surface area contributed by atoms with Gasteiger partial charge in [-0.3, -0.25) is 14.5 Å². The van der Waals surface area contributed by atoms with E-state index in [1.165, 1.54) is 59.1 Å². The quantitative estimate of drug-likeness (QED) is 0.192. The molecule has 0 radical (unpaired) electrons. The van der Waals surface area contributed by atoms with E-state index in [2.05, 4.69) is 15.2 Å². The smallest absolute Gasteiger partial charge is 0.380 e. The number of Topliss-reactive ketones (excluding diaryl/α,β-unsaturated/α-hetero) is 1. The summed E-state index contributed by atoms with van der Waals surface area (Å²) in [5, 5.41) is 18.3. The molecule has 10 nitrogen and oxygen atoms in total. The molecule has 18 heteroatoms. The SMILES string of the molecule is Cn1ccc(S(=O)(=O)N(C2CC(O)(C(F)(F)F)C2)[C@H]2CCC3=Cc4c(cnn4-c4ccc(F)cc4)C[C@]3(C(=O)c3cc(C(F)(F)F)ccn3)C2)n1. The lowest BCUT2D eigenvalue weighted by atomic mass is 9.60. The number of nitrogens with zero attached hydrogens (tertiary/aromatic N) is 6. The van der Waals surface area contributed by atoms with Crippen molar-refractivity contribution >= 4 is 21.9 Å². The van der Waals surface area contributed by atoms with Crippen LogP contribution in [0.4, 0.5) is 30.7 Å². The largest absolute Gasteiger partial charge is 0.417 e. The minimum Gasteiger partial charge on any atom is -0.380 e. The first-order valence-electron chi connectivity index (χ1n) is 15.8. The molecule has 0 bridgehead atoms. The number of aliphatic hydroxyl groups is 1. The predicted octanol–water partition coefficient (Wildman–Crippen LogP) is 5.67. The van der Waals surface area contributed by atoms with Gasteiger partial charge in [-0.15, -0.1) is 0 Å². The maximum absolute atomic E-state index is 14.6. The number of ketones is 1. The maximum atomic E-state index is 14.6. The Hall–Kier alpha value is -4.42. The van der Waals surface area contributed by atoms with Crippen LogP contribution in [-0.2, 0) is 29.7 Å². The first kappa shape index (κ1) is 35.0. The fraction of sp³-hybridized carbons (Fsp3) is 0.394. The molecule has 270 valence electrons. The van der Waals surface area contributed by atoms with Gasteiger partial charge in [0.1, 0.15) is 11.5 Å². The minimum atomic E-state index is -5.04. The van der Waals surface area contributed by atoms with Crippen molar-refractivity contribution in [1.29, 1.82) is 0 Å². The van der Waals surface area contributed by atoms with Crippen LogP contribution in [0.15, 0.2) is 71.7 Å². The maximum Gasteiger partial charge on any atom is 0.417 e. The van der Waals surface area contributed by atoms with Gasteiger partial charge >= 0.3 is 12.4 Å². The first-order chi connectivity index (χ1) is 23.8. The van der Waals surface area contributed by atoms with Crippen LogP contribution >= 0.6 is 0 Å². The summed E-state index contributed by atoms with van der Waals surface area (Å²) in [7, 11) is -3.18. The Balaban J connectivity index is 1.34. The Labute approximate surface area is 286 Å². The monoisotopic (exact) mass is 738 g/mol. The van der Waals surface area contributed by atoms with Crippen molar-refractivity contribution in [3.8, 4) is 5.69 Å². The molecule has 3 aliphatic rings. The average molecular weight is 739 g/mol. The van der Waals surface area contributed by atoms with Crippen LogP contribution < -0.4 is 0 Å². The summed E-state index contributed by atoms with van der Waals surface area (Å²) in [4.78, 5) is 18.6. The number of hydrogen-bond acceptors (Lipinski definition) is 7. The molecule has 7 rings (SSSR count). The molecule has 1 N–H and O–H groups in total. The van der Waals surface area contributed by atoms with Gasteiger partial charge in [-0.1, -0.05) is 5.57 Å². The number of fused-ring (bicyclic) bond motifs is 2. The number of aromatic nitrogens is 5. The summed E-state index contributed by atoms with van der Waals surface area (Å²) < 4.78 is 128. The number of benzene rings is 1. The van der Waals surface area contributed by atoms with Crippen LogP contribution in [0.3, 0.4) is 0 Å². The molecule has 0 aliphatic heterocycles. The fourth-order valence-corrected chi connectivity index (χ4v) is 9.32. The van der Waals surface area contributed by atoms with Crippen LogP contribution in [0.25, 0.3) is 11.8 Å². The summed E-state index contributed by atoms with van der Waals surface area (Å²) >= 11 is 0. The summed E-state index contributed by atoms with van der Waals surface area (Å²) in [6.45, 7) is 0. The Morgan fingerprint density at radius 3 is 2.35 bits per heavy atom. The van der Waals surface area contributed by atoms with E-state index in [-0.39, 0.29) is 25.7 Å². The number of carbonyl (C=O) groups excluding carboxylic acids is 1. The third kappa shape index (κ3) is 5.86. The summed E-state index contributed by atoms with van der Waals surface area (Å²) in [5.74, 6) is -1.32. The van der Waals surface area contributed by atoms with E-state index < -0.39 is 86.2 Å². The van der Waals surface area contributed by atoms with Crippen LogP contribution in [-0.4, -0.2) is 72.0 Å². The van der Waals surface area contributed by atoms with Crippen LogP contribution in [0.2, 0.25) is 0 Å². The molecule has 2 fully saturated rings. The number of pyridine rings is 1. The van der Waals surface area contributed by atoms with Crippen LogP contribution in [0.1, 0.15) is 59.4 Å². The van der Waals surface area contributed by atoms with Gasteiger partial charge in [-0.05, 0) is 79.8 Å². The number of aryl methyl sites for hydroxylation is 1. The predicted molar refractivity (Wildman–Crippen MR) is 165 cm³/mol. The summed E-state index contributed by atoms with van der Waals surface area (Å²) in [6, 6.07) is 5.46. The third-order valence-corrected chi connectivity index (χ3v) is 12.0. The highest BCUT2D eigenvalue weighted by Crippen LogP contribution is 2.54. The average Bonchev–Trinajstić information content (AvgIpc) is 3.68. The molecule has 0 saturated heterocycles. The van der Waals surface area contributed by atoms with Crippen molar-refractivity contribution in [2.24, 2.45) is 12.5 Å². The molecule has 51 heavy (non-hydrogen) atoms. The topological polar surface area (TPSA) is 123 Å². The molecule has 1 aromatic carbocycles. The van der Waals surface area contributed by atoms with Gasteiger partial charge in [0.25, 0.3) is 10.0 Å². The second-order valence-electron chi connectivity index (χ2n) is 13.3. The van der Waals surface area contributed by atoms with Gasteiger partial charge in [-0.25, -0.2) is 17.5 Å². The molecule has 4 aromatic rings. The Morgan fingerprint density at radius 1 is 1.02 bits per heavy atom. The van der Waals surface area contributed by atoms with Gasteiger partial charge in [0.05, 0.1) is 28.6 Å². The lowest BCUT2D eigenvalue weighted by Gasteiger charge is -2.53. The molecular weight excluding hydrogens is 709 g/mol. The standard InChI is InChI=1S/C33H29F7N6O4S/c1-44-11-9-28(43-44)51(49,50)46(25-16-31(48,17-25)33(38,39)40)24-5-2-20-13-27-19(18-42-45(27)23-6-3-22(34)4-7-23)14-30(20,15-24)29(47)26-12-21(8-10-41-26)32(35,36)37/h3-4,6-13,18,24-25,48H,2,5,14-17H2,1H3/t24-,25?,30-,31?/m0/s1. The summed E-state index contributed by atoms with van der Waals surface area (Å²) in [6.07, 6.45) is -6.94. The molecule has 0 unspecified atom stereocenters. The molecule has 2 atom stereocenters. The van der Waals surface area contributed by atoms with Gasteiger partial charge in [0.2, 0.25) is 0 Å². The number of sulfonamides is 1. The van der Waals surface area contributed by atoms with E-state index >= 15 is 0 Å². The fourth-order valence-electron chi connectivity index (χ4n) is 7.53. The molecular formula is C33H29F7N6O4S. The zero-order chi connectivity index (χ0) is 36.7. The molecule has 3 aromatic heterocycles. The van der Waals surface area contributed by atoms with E-state index in [1.807, 2.05) is 0 Å². The zero-order valence-electron chi connectivity index (χ0n) is 26.7. The van der Waals surface area contributed by atoms with Gasteiger partial charge < -0.3 is 5.11 Å². The first-order valence-corrected chi connectivity index (χ1v) is 17.2. The highest BCUT2D eigenvalue weighted by molar-refractivity contribution is 7.89. The molecule has 0 amide bonds. The lowest BCUT2D eigenvalue weighted by molar-refractivity contribution is -0.297. The number of halogens is 7. The zero-order valence-corrected chi connectivity index (χ0v) is 27.5. The third-order valence-electron chi connectivity index (χ3n) is 10.1. The van der Waals surface area contributed by atoms with Crippen LogP contribution in [0.5, 0.6) is 0 Å². The van der Waals surface area contributed by atoms with E-state index in [0.29, 0.717) is 34.7 Å². The summed E-state index contributed by atoms with van der Waals surface area (Å²) in [5.41, 5.74) is -4.58. The number of allylic oxidation sites excluding steroid dienone is 1. The van der Waals surface area contributed by atoms with Crippen molar-refractivity contribution in [3.05, 3.63) is 95.0 Å². The molecule has 3 heterocycles. The van der Waals surface area contributed by atoms with E-state index in [1.54, 1.807) is 6.08 Å². The Kier molecular flexibility index (Phi) is 8.11. The van der Waals surface area contributed by atoms with Gasteiger partial charge in [0.15, 0.2) is 16.4 Å². The van der Waals surface area contributed by atoms with Gasteiger partial charge in [0, 0.05) is 44.4 Å². The van der Waals surface area contributed by atoms with E-state index in [9.17, 15) is 49.1 Å². The highest BCUT2D eigenvalue weighted by atomic mass is 32.2.